The van der Waals surface area contributed by atoms with E-state index in [9.17, 15) is 13.2 Å². The van der Waals surface area contributed by atoms with Crippen LogP contribution in [0.2, 0.25) is 0 Å². The Labute approximate surface area is 108 Å². The molecule has 1 N–H and O–H groups in total. The summed E-state index contributed by atoms with van der Waals surface area (Å²) in [7, 11) is -0.514. The average molecular weight is 273 g/mol. The number of amides is 1. The topological polar surface area (TPSA) is 71.4 Å². The van der Waals surface area contributed by atoms with E-state index in [1.54, 1.807) is 11.9 Å². The van der Waals surface area contributed by atoms with Crippen LogP contribution in [0, 0.1) is 0 Å². The minimum Gasteiger partial charge on any atom is -0.345 e. The van der Waals surface area contributed by atoms with Gasteiger partial charge in [0.2, 0.25) is 10.0 Å². The van der Waals surface area contributed by atoms with Gasteiger partial charge in [0, 0.05) is 26.3 Å². The van der Waals surface area contributed by atoms with Gasteiger partial charge in [-0.1, -0.05) is 0 Å². The fourth-order valence-electron chi connectivity index (χ4n) is 1.68. The molecule has 1 aromatic rings. The van der Waals surface area contributed by atoms with Crippen molar-refractivity contribution in [1.29, 1.82) is 0 Å². The number of sulfonamides is 1. The molecule has 0 saturated heterocycles. The van der Waals surface area contributed by atoms with Crippen molar-refractivity contribution in [3.8, 4) is 0 Å². The van der Waals surface area contributed by atoms with Crippen molar-refractivity contribution >= 4 is 15.9 Å². The Bertz CT molecular complexity index is 530. The van der Waals surface area contributed by atoms with Crippen LogP contribution in [0.4, 0.5) is 0 Å². The van der Waals surface area contributed by atoms with Crippen molar-refractivity contribution in [1.82, 2.24) is 14.2 Å². The number of aromatic nitrogens is 1. The minimum absolute atomic E-state index is 0.100. The maximum atomic E-state index is 12.1. The minimum atomic E-state index is -3.51. The highest BCUT2D eigenvalue weighted by Crippen LogP contribution is 2.14. The normalized spacial score (nSPS) is 11.6. The van der Waals surface area contributed by atoms with Gasteiger partial charge in [-0.25, -0.2) is 13.1 Å². The first kappa shape index (κ1) is 14.7. The lowest BCUT2D eigenvalue weighted by Gasteiger charge is -2.18. The highest BCUT2D eigenvalue weighted by molar-refractivity contribution is 7.89. The summed E-state index contributed by atoms with van der Waals surface area (Å²) >= 11 is 0. The summed E-state index contributed by atoms with van der Waals surface area (Å²) in [5.74, 6) is -0.167. The van der Waals surface area contributed by atoms with Gasteiger partial charge in [0.25, 0.3) is 5.91 Å². The van der Waals surface area contributed by atoms with E-state index < -0.39 is 10.0 Å². The molecule has 0 atom stereocenters. The molecule has 1 amide bonds. The number of hydrogen-bond donors (Lipinski definition) is 1. The molecule has 1 heterocycles. The Balaban J connectivity index is 3.17. The predicted octanol–water partition coefficient (Wildman–Crippen LogP) is 0.415. The monoisotopic (exact) mass is 273 g/mol. The number of carbonyl (C=O) groups excluding carboxylic acids is 1. The van der Waals surface area contributed by atoms with Gasteiger partial charge in [-0.3, -0.25) is 4.79 Å². The molecule has 1 rings (SSSR count). The Morgan fingerprint density at radius 2 is 1.94 bits per heavy atom. The molecule has 7 heteroatoms. The summed E-state index contributed by atoms with van der Waals surface area (Å²) in [4.78, 5) is 13.9. The number of nitrogens with zero attached hydrogens (tertiary/aromatic N) is 2. The fourth-order valence-corrected chi connectivity index (χ4v) is 2.48. The van der Waals surface area contributed by atoms with Gasteiger partial charge in [0.1, 0.15) is 10.6 Å². The molecule has 0 fully saturated rings. The first-order chi connectivity index (χ1) is 8.37. The molecule has 0 bridgehead atoms. The van der Waals surface area contributed by atoms with Gasteiger partial charge in [0.05, 0.1) is 0 Å². The Hall–Kier alpha value is -1.34. The molecule has 6 nitrogen and oxygen atoms in total. The third kappa shape index (κ3) is 2.73. The van der Waals surface area contributed by atoms with Crippen LogP contribution in [0.3, 0.4) is 0 Å². The van der Waals surface area contributed by atoms with Gasteiger partial charge in [0.15, 0.2) is 0 Å². The van der Waals surface area contributed by atoms with Crippen molar-refractivity contribution in [2.45, 2.75) is 18.7 Å². The third-order valence-electron chi connectivity index (χ3n) is 2.83. The smallest absolute Gasteiger partial charge is 0.270 e. The zero-order valence-corrected chi connectivity index (χ0v) is 11.9. The summed E-state index contributed by atoms with van der Waals surface area (Å²) in [6.07, 6.45) is 1.43. The standard InChI is InChI=1S/C11H19N3O3S/c1-5-14(6-2)11(15)10-7-9(8-13(10)4)18(16,17)12-3/h7-8,12H,5-6H2,1-4H3. The summed E-state index contributed by atoms with van der Waals surface area (Å²) in [5.41, 5.74) is 0.368. The molecule has 0 aliphatic carbocycles. The zero-order valence-electron chi connectivity index (χ0n) is 11.1. The van der Waals surface area contributed by atoms with Crippen LogP contribution in [0.5, 0.6) is 0 Å². The van der Waals surface area contributed by atoms with Crippen LogP contribution < -0.4 is 4.72 Å². The molecule has 0 saturated carbocycles. The summed E-state index contributed by atoms with van der Waals surface area (Å²) in [6, 6.07) is 1.40. The Morgan fingerprint density at radius 3 is 2.39 bits per heavy atom. The molecule has 18 heavy (non-hydrogen) atoms. The molecule has 1 aromatic heterocycles. The average Bonchev–Trinajstić information content (AvgIpc) is 2.73. The molecular weight excluding hydrogens is 254 g/mol. The van der Waals surface area contributed by atoms with Crippen LogP contribution in [-0.2, 0) is 17.1 Å². The number of rotatable bonds is 5. The van der Waals surface area contributed by atoms with Crippen molar-refractivity contribution in [3.63, 3.8) is 0 Å². The van der Waals surface area contributed by atoms with Crippen molar-refractivity contribution < 1.29 is 13.2 Å². The fraction of sp³-hybridized carbons (Fsp3) is 0.545. The maximum Gasteiger partial charge on any atom is 0.270 e. The SMILES string of the molecule is CCN(CC)C(=O)c1cc(S(=O)(=O)NC)cn1C. The highest BCUT2D eigenvalue weighted by Gasteiger charge is 2.21. The Kier molecular flexibility index (Phi) is 4.53. The lowest BCUT2D eigenvalue weighted by molar-refractivity contribution is 0.0763. The molecule has 0 aliphatic heterocycles. The molecule has 0 aliphatic rings. The first-order valence-corrected chi connectivity index (χ1v) is 7.24. The quantitative estimate of drug-likeness (QED) is 0.845. The zero-order chi connectivity index (χ0) is 13.9. The largest absolute Gasteiger partial charge is 0.345 e. The van der Waals surface area contributed by atoms with E-state index in [0.717, 1.165) is 0 Å². The van der Waals surface area contributed by atoms with E-state index in [-0.39, 0.29) is 10.8 Å². The molecule has 0 radical (unpaired) electrons. The second-order valence-corrected chi connectivity index (χ2v) is 5.74. The molecule has 102 valence electrons. The van der Waals surface area contributed by atoms with E-state index in [1.165, 1.54) is 23.9 Å². The molecule has 0 unspecified atom stereocenters. The molecule has 0 spiro atoms. The highest BCUT2D eigenvalue weighted by atomic mass is 32.2. The van der Waals surface area contributed by atoms with E-state index in [2.05, 4.69) is 4.72 Å². The van der Waals surface area contributed by atoms with Crippen molar-refractivity contribution in [2.75, 3.05) is 20.1 Å². The van der Waals surface area contributed by atoms with Gasteiger partial charge in [-0.05, 0) is 27.0 Å². The van der Waals surface area contributed by atoms with Gasteiger partial charge >= 0.3 is 0 Å². The number of nitrogens with one attached hydrogen (secondary N) is 1. The second kappa shape index (κ2) is 5.53. The number of aryl methyl sites for hydroxylation is 1. The van der Waals surface area contributed by atoms with E-state index >= 15 is 0 Å². The third-order valence-corrected chi connectivity index (χ3v) is 4.21. The molecule has 0 aromatic carbocycles. The lowest BCUT2D eigenvalue weighted by Crippen LogP contribution is -2.31. The van der Waals surface area contributed by atoms with E-state index in [0.29, 0.717) is 18.8 Å². The Morgan fingerprint density at radius 1 is 1.39 bits per heavy atom. The van der Waals surface area contributed by atoms with Crippen molar-refractivity contribution in [3.05, 3.63) is 18.0 Å². The van der Waals surface area contributed by atoms with Gasteiger partial charge in [-0.2, -0.15) is 0 Å². The first-order valence-electron chi connectivity index (χ1n) is 5.76. The molecular formula is C11H19N3O3S. The number of hydrogen-bond acceptors (Lipinski definition) is 3. The summed E-state index contributed by atoms with van der Waals surface area (Å²) in [5, 5.41) is 0. The second-order valence-electron chi connectivity index (χ2n) is 3.86. The predicted molar refractivity (Wildman–Crippen MR) is 68.9 cm³/mol. The lowest BCUT2D eigenvalue weighted by atomic mass is 10.3. The van der Waals surface area contributed by atoms with Crippen LogP contribution >= 0.6 is 0 Å². The van der Waals surface area contributed by atoms with Crippen LogP contribution in [0.1, 0.15) is 24.3 Å². The van der Waals surface area contributed by atoms with E-state index in [1.807, 2.05) is 13.8 Å². The van der Waals surface area contributed by atoms with Crippen LogP contribution in [0.25, 0.3) is 0 Å². The van der Waals surface area contributed by atoms with Crippen LogP contribution in [0.15, 0.2) is 17.2 Å². The van der Waals surface area contributed by atoms with Gasteiger partial charge < -0.3 is 9.47 Å². The summed E-state index contributed by atoms with van der Waals surface area (Å²) in [6.45, 7) is 4.95. The van der Waals surface area contributed by atoms with Crippen LogP contribution in [-0.4, -0.2) is 43.9 Å². The maximum absolute atomic E-state index is 12.1. The van der Waals surface area contributed by atoms with Crippen molar-refractivity contribution in [2.24, 2.45) is 7.05 Å². The van der Waals surface area contributed by atoms with E-state index in [4.69, 9.17) is 0 Å². The number of carbonyl (C=O) groups is 1. The van der Waals surface area contributed by atoms with Gasteiger partial charge in [-0.15, -0.1) is 0 Å². The summed E-state index contributed by atoms with van der Waals surface area (Å²) < 4.78 is 27.1.